The second-order valence-corrected chi connectivity index (χ2v) is 2.57. The fraction of sp³-hybridized carbons (Fsp3) is 0.429. The lowest BCUT2D eigenvalue weighted by Gasteiger charge is -2.13. The second kappa shape index (κ2) is 4.81. The number of nitrogens with zero attached hydrogens (tertiary/aromatic N) is 4. The molecule has 0 atom stereocenters. The summed E-state index contributed by atoms with van der Waals surface area (Å²) in [5.41, 5.74) is 0. The zero-order valence-electron chi connectivity index (χ0n) is 7.69. The molecule has 14 heavy (non-hydrogen) atoms. The fourth-order valence-electron chi connectivity index (χ4n) is 0.757. The lowest BCUT2D eigenvalue weighted by molar-refractivity contribution is 0.213. The van der Waals surface area contributed by atoms with E-state index < -0.39 is 0 Å². The Bertz CT molecular complexity index is 326. The third-order valence-corrected chi connectivity index (χ3v) is 1.47. The minimum Gasteiger partial charge on any atom is -0.331 e. The van der Waals surface area contributed by atoms with Gasteiger partial charge < -0.3 is 10.2 Å². The van der Waals surface area contributed by atoms with Crippen LogP contribution in [-0.4, -0.2) is 45.1 Å². The third kappa shape index (κ3) is 2.75. The van der Waals surface area contributed by atoms with E-state index in [1.165, 1.54) is 4.90 Å². The van der Waals surface area contributed by atoms with Crippen molar-refractivity contribution in [3.05, 3.63) is 5.82 Å². The smallest absolute Gasteiger partial charge is 0.318 e. The number of carbonyl (C=O) groups excluding carboxylic acids is 1. The fourth-order valence-corrected chi connectivity index (χ4v) is 0.757. The zero-order valence-corrected chi connectivity index (χ0v) is 7.69. The molecule has 0 saturated carbocycles. The van der Waals surface area contributed by atoms with Crippen molar-refractivity contribution in [2.24, 2.45) is 0 Å². The summed E-state index contributed by atoms with van der Waals surface area (Å²) < 4.78 is 0. The Kier molecular flexibility index (Phi) is 3.43. The topological polar surface area (TPSA) is 86.8 Å². The average molecular weight is 194 g/mol. The first-order chi connectivity index (χ1) is 6.74. The molecule has 7 nitrogen and oxygen atoms in total. The van der Waals surface area contributed by atoms with Crippen molar-refractivity contribution in [1.29, 1.82) is 0 Å². The monoisotopic (exact) mass is 194 g/mol. The average Bonchev–Trinajstić information content (AvgIpc) is 2.67. The van der Waals surface area contributed by atoms with Gasteiger partial charge in [0.25, 0.3) is 0 Å². The molecule has 0 aromatic carbocycles. The molecule has 1 aromatic heterocycles. The van der Waals surface area contributed by atoms with Crippen LogP contribution in [0.4, 0.5) is 4.79 Å². The van der Waals surface area contributed by atoms with Crippen molar-refractivity contribution >= 4 is 6.03 Å². The standard InChI is InChI=1S/C7H10N6O/c1-3-4-13(2)7(14)8-5-6-9-11-12-10-6/h1H,4-5H2,2H3,(H,8,14)(H,9,10,11,12). The van der Waals surface area contributed by atoms with Gasteiger partial charge in [0.1, 0.15) is 0 Å². The largest absolute Gasteiger partial charge is 0.331 e. The molecule has 2 amide bonds. The van der Waals surface area contributed by atoms with Crippen LogP contribution in [0.3, 0.4) is 0 Å². The zero-order chi connectivity index (χ0) is 10.4. The van der Waals surface area contributed by atoms with Gasteiger partial charge in [0.2, 0.25) is 0 Å². The van der Waals surface area contributed by atoms with Gasteiger partial charge in [0, 0.05) is 7.05 Å². The number of aromatic amines is 1. The van der Waals surface area contributed by atoms with Crippen molar-refractivity contribution in [3.8, 4) is 12.3 Å². The first-order valence-electron chi connectivity index (χ1n) is 3.89. The van der Waals surface area contributed by atoms with E-state index >= 15 is 0 Å². The van der Waals surface area contributed by atoms with Crippen LogP contribution in [0.5, 0.6) is 0 Å². The molecular weight excluding hydrogens is 184 g/mol. The minimum absolute atomic E-state index is 0.251. The van der Waals surface area contributed by atoms with Crippen LogP contribution in [0.2, 0.25) is 0 Å². The first-order valence-corrected chi connectivity index (χ1v) is 3.89. The normalized spacial score (nSPS) is 9.14. The summed E-state index contributed by atoms with van der Waals surface area (Å²) in [6.07, 6.45) is 5.05. The quantitative estimate of drug-likeness (QED) is 0.602. The number of carbonyl (C=O) groups is 1. The highest BCUT2D eigenvalue weighted by atomic mass is 16.2. The summed E-state index contributed by atoms with van der Waals surface area (Å²) in [6.45, 7) is 0.515. The Labute approximate surface area is 80.9 Å². The molecule has 0 spiro atoms. The summed E-state index contributed by atoms with van der Waals surface area (Å²) in [5.74, 6) is 2.85. The van der Waals surface area contributed by atoms with Crippen molar-refractivity contribution in [2.45, 2.75) is 6.54 Å². The van der Waals surface area contributed by atoms with Gasteiger partial charge in [-0.2, -0.15) is 0 Å². The number of H-pyrrole nitrogens is 1. The molecule has 0 unspecified atom stereocenters. The second-order valence-electron chi connectivity index (χ2n) is 2.57. The van der Waals surface area contributed by atoms with Crippen molar-refractivity contribution < 1.29 is 4.79 Å². The maximum absolute atomic E-state index is 11.3. The lowest BCUT2D eigenvalue weighted by atomic mass is 10.5. The highest BCUT2D eigenvalue weighted by Gasteiger charge is 2.06. The summed E-state index contributed by atoms with van der Waals surface area (Å²) in [5, 5.41) is 15.4. The Morgan fingerprint density at radius 1 is 1.79 bits per heavy atom. The van der Waals surface area contributed by atoms with Crippen LogP contribution in [0, 0.1) is 12.3 Å². The van der Waals surface area contributed by atoms with Gasteiger partial charge in [-0.1, -0.05) is 5.92 Å². The molecule has 74 valence electrons. The van der Waals surface area contributed by atoms with Crippen LogP contribution in [0.1, 0.15) is 5.82 Å². The van der Waals surface area contributed by atoms with Gasteiger partial charge in [0.15, 0.2) is 5.82 Å². The Morgan fingerprint density at radius 2 is 2.57 bits per heavy atom. The number of rotatable bonds is 3. The highest BCUT2D eigenvalue weighted by molar-refractivity contribution is 5.73. The van der Waals surface area contributed by atoms with Crippen LogP contribution < -0.4 is 5.32 Å². The van der Waals surface area contributed by atoms with Crippen molar-refractivity contribution in [3.63, 3.8) is 0 Å². The molecule has 1 rings (SSSR count). The number of nitrogens with one attached hydrogen (secondary N) is 2. The predicted octanol–water partition coefficient (Wildman–Crippen LogP) is -1.03. The van der Waals surface area contributed by atoms with E-state index in [9.17, 15) is 4.79 Å². The number of tetrazole rings is 1. The molecule has 0 aliphatic heterocycles. The number of hydrogen-bond donors (Lipinski definition) is 2. The summed E-state index contributed by atoms with van der Waals surface area (Å²) >= 11 is 0. The van der Waals surface area contributed by atoms with Crippen LogP contribution >= 0.6 is 0 Å². The Hall–Kier alpha value is -2.10. The van der Waals surface area contributed by atoms with E-state index in [2.05, 4.69) is 31.9 Å². The lowest BCUT2D eigenvalue weighted by Crippen LogP contribution is -2.37. The van der Waals surface area contributed by atoms with E-state index in [1.54, 1.807) is 7.05 Å². The summed E-state index contributed by atoms with van der Waals surface area (Å²) in [6, 6.07) is -0.264. The van der Waals surface area contributed by atoms with Crippen molar-refractivity contribution in [1.82, 2.24) is 30.8 Å². The molecule has 2 N–H and O–H groups in total. The molecule has 1 heterocycles. The molecule has 0 saturated heterocycles. The Balaban J connectivity index is 2.32. The predicted molar refractivity (Wildman–Crippen MR) is 47.9 cm³/mol. The number of terminal acetylenes is 1. The molecule has 0 aliphatic carbocycles. The summed E-state index contributed by atoms with van der Waals surface area (Å²) in [7, 11) is 1.60. The molecule has 7 heteroatoms. The van der Waals surface area contributed by atoms with Gasteiger partial charge in [-0.3, -0.25) is 0 Å². The van der Waals surface area contributed by atoms with E-state index in [1.807, 2.05) is 0 Å². The van der Waals surface area contributed by atoms with Gasteiger partial charge in [-0.05, 0) is 10.4 Å². The van der Waals surface area contributed by atoms with Gasteiger partial charge >= 0.3 is 6.03 Å². The Morgan fingerprint density at radius 3 is 3.14 bits per heavy atom. The van der Waals surface area contributed by atoms with Gasteiger partial charge in [-0.15, -0.1) is 11.5 Å². The number of amides is 2. The van der Waals surface area contributed by atoms with E-state index in [-0.39, 0.29) is 19.1 Å². The molecule has 1 aromatic rings. The van der Waals surface area contributed by atoms with E-state index in [0.717, 1.165) is 0 Å². The third-order valence-electron chi connectivity index (χ3n) is 1.47. The van der Waals surface area contributed by atoms with Gasteiger partial charge in [-0.25, -0.2) is 9.89 Å². The number of hydrogen-bond acceptors (Lipinski definition) is 4. The SMILES string of the molecule is C#CCN(C)C(=O)NCc1nnn[nH]1. The maximum Gasteiger partial charge on any atom is 0.318 e. The maximum atomic E-state index is 11.3. The molecular formula is C7H10N6O. The number of aromatic nitrogens is 4. The molecule has 0 fully saturated rings. The molecule has 0 bridgehead atoms. The minimum atomic E-state index is -0.264. The first kappa shape index (κ1) is 9.98. The number of urea groups is 1. The summed E-state index contributed by atoms with van der Waals surface area (Å²) in [4.78, 5) is 12.6. The van der Waals surface area contributed by atoms with Crippen molar-refractivity contribution in [2.75, 3.05) is 13.6 Å². The van der Waals surface area contributed by atoms with Gasteiger partial charge in [0.05, 0.1) is 13.1 Å². The van der Waals surface area contributed by atoms with E-state index in [0.29, 0.717) is 5.82 Å². The highest BCUT2D eigenvalue weighted by Crippen LogP contribution is 1.86. The van der Waals surface area contributed by atoms with E-state index in [4.69, 9.17) is 6.42 Å². The van der Waals surface area contributed by atoms with Crippen LogP contribution in [0.25, 0.3) is 0 Å². The van der Waals surface area contributed by atoms with Crippen LogP contribution in [-0.2, 0) is 6.54 Å². The molecule has 0 aliphatic rings. The van der Waals surface area contributed by atoms with Crippen LogP contribution in [0.15, 0.2) is 0 Å². The molecule has 0 radical (unpaired) electrons.